The zero-order chi connectivity index (χ0) is 12.3. The van der Waals surface area contributed by atoms with Gasteiger partial charge in [0.2, 0.25) is 5.75 Å². The molecule has 0 N–H and O–H groups in total. The lowest BCUT2D eigenvalue weighted by Gasteiger charge is -2.13. The van der Waals surface area contributed by atoms with Crippen LogP contribution in [0.1, 0.15) is 25.7 Å². The molecule has 0 atom stereocenters. The summed E-state index contributed by atoms with van der Waals surface area (Å²) in [6, 6.07) is 4.62. The van der Waals surface area contributed by atoms with E-state index in [0.29, 0.717) is 5.75 Å². The van der Waals surface area contributed by atoms with Gasteiger partial charge in [-0.15, -0.1) is 0 Å². The highest BCUT2D eigenvalue weighted by Crippen LogP contribution is 2.32. The van der Waals surface area contributed by atoms with Crippen molar-refractivity contribution in [1.29, 1.82) is 0 Å². The molecule has 0 amide bonds. The molecular formula is C12H15NO4. The second kappa shape index (κ2) is 5.03. The summed E-state index contributed by atoms with van der Waals surface area (Å²) in [6.45, 7) is 0. The summed E-state index contributed by atoms with van der Waals surface area (Å²) in [6.07, 6.45) is 4.73. The van der Waals surface area contributed by atoms with Crippen LogP contribution >= 0.6 is 0 Å². The fourth-order valence-corrected chi connectivity index (χ4v) is 2.08. The Labute approximate surface area is 99.5 Å². The fraction of sp³-hybridized carbons (Fsp3) is 0.500. The third-order valence-corrected chi connectivity index (χ3v) is 2.95. The molecule has 5 nitrogen and oxygen atoms in total. The molecule has 1 saturated carbocycles. The number of ether oxygens (including phenoxy) is 2. The standard InChI is InChI=1S/C12H15NO4/c1-16-12-8-10(6-7-11(12)13(14)15)17-9-4-2-3-5-9/h6-9H,2-5H2,1H3. The zero-order valence-electron chi connectivity index (χ0n) is 9.72. The molecule has 0 bridgehead atoms. The van der Waals surface area contributed by atoms with E-state index in [-0.39, 0.29) is 17.5 Å². The highest BCUT2D eigenvalue weighted by molar-refractivity contribution is 5.50. The van der Waals surface area contributed by atoms with Crippen LogP contribution in [0.25, 0.3) is 0 Å². The van der Waals surface area contributed by atoms with E-state index in [1.54, 1.807) is 12.1 Å². The molecule has 1 aromatic carbocycles. The molecule has 0 spiro atoms. The average molecular weight is 237 g/mol. The number of hydrogen-bond acceptors (Lipinski definition) is 4. The van der Waals surface area contributed by atoms with Gasteiger partial charge < -0.3 is 9.47 Å². The van der Waals surface area contributed by atoms with Crippen molar-refractivity contribution >= 4 is 5.69 Å². The summed E-state index contributed by atoms with van der Waals surface area (Å²) in [4.78, 5) is 10.3. The van der Waals surface area contributed by atoms with Gasteiger partial charge in [0.15, 0.2) is 0 Å². The molecule has 0 heterocycles. The smallest absolute Gasteiger partial charge is 0.311 e. The predicted octanol–water partition coefficient (Wildman–Crippen LogP) is 2.92. The summed E-state index contributed by atoms with van der Waals surface area (Å²) in [5, 5.41) is 10.7. The first-order valence-electron chi connectivity index (χ1n) is 5.70. The molecule has 0 aromatic heterocycles. The van der Waals surface area contributed by atoms with Crippen molar-refractivity contribution in [3.63, 3.8) is 0 Å². The molecule has 0 radical (unpaired) electrons. The van der Waals surface area contributed by atoms with Gasteiger partial charge in [-0.3, -0.25) is 10.1 Å². The quantitative estimate of drug-likeness (QED) is 0.596. The van der Waals surface area contributed by atoms with Gasteiger partial charge in [0.25, 0.3) is 0 Å². The molecule has 1 aliphatic carbocycles. The van der Waals surface area contributed by atoms with Crippen molar-refractivity contribution in [2.45, 2.75) is 31.8 Å². The first-order valence-corrected chi connectivity index (χ1v) is 5.70. The van der Waals surface area contributed by atoms with Crippen molar-refractivity contribution in [2.24, 2.45) is 0 Å². The number of nitro groups is 1. The second-order valence-corrected chi connectivity index (χ2v) is 4.12. The van der Waals surface area contributed by atoms with Gasteiger partial charge in [-0.05, 0) is 31.7 Å². The third kappa shape index (κ3) is 2.67. The van der Waals surface area contributed by atoms with Crippen molar-refractivity contribution in [3.05, 3.63) is 28.3 Å². The van der Waals surface area contributed by atoms with Crippen LogP contribution in [0.15, 0.2) is 18.2 Å². The summed E-state index contributed by atoms with van der Waals surface area (Å²) in [7, 11) is 1.42. The van der Waals surface area contributed by atoms with Gasteiger partial charge in [-0.25, -0.2) is 0 Å². The Hall–Kier alpha value is -1.78. The Morgan fingerprint density at radius 1 is 1.35 bits per heavy atom. The van der Waals surface area contributed by atoms with E-state index in [4.69, 9.17) is 9.47 Å². The van der Waals surface area contributed by atoms with E-state index in [1.807, 2.05) is 0 Å². The molecule has 1 aromatic rings. The molecule has 0 aliphatic heterocycles. The number of nitrogens with zero attached hydrogens (tertiary/aromatic N) is 1. The van der Waals surface area contributed by atoms with E-state index < -0.39 is 4.92 Å². The van der Waals surface area contributed by atoms with Crippen LogP contribution in [0, 0.1) is 10.1 Å². The Bertz CT molecular complexity index is 413. The number of hydrogen-bond donors (Lipinski definition) is 0. The molecule has 0 saturated heterocycles. The number of methoxy groups -OCH3 is 1. The minimum Gasteiger partial charge on any atom is -0.490 e. The molecule has 17 heavy (non-hydrogen) atoms. The van der Waals surface area contributed by atoms with E-state index in [1.165, 1.54) is 26.0 Å². The first-order chi connectivity index (χ1) is 8.20. The Kier molecular flexibility index (Phi) is 3.46. The van der Waals surface area contributed by atoms with Crippen molar-refractivity contribution < 1.29 is 14.4 Å². The summed E-state index contributed by atoms with van der Waals surface area (Å²) >= 11 is 0. The minimum atomic E-state index is -0.460. The number of rotatable bonds is 4. The van der Waals surface area contributed by atoms with Crippen LogP contribution in [0.2, 0.25) is 0 Å². The number of benzene rings is 1. The Balaban J connectivity index is 2.15. The van der Waals surface area contributed by atoms with Crippen LogP contribution in [-0.4, -0.2) is 18.1 Å². The molecule has 5 heteroatoms. The van der Waals surface area contributed by atoms with Gasteiger partial charge in [0.1, 0.15) is 5.75 Å². The summed E-state index contributed by atoms with van der Waals surface area (Å²) in [5.41, 5.74) is -0.0359. The summed E-state index contributed by atoms with van der Waals surface area (Å²) < 4.78 is 10.7. The van der Waals surface area contributed by atoms with E-state index in [9.17, 15) is 10.1 Å². The normalized spacial score (nSPS) is 15.8. The molecule has 0 unspecified atom stereocenters. The van der Waals surface area contributed by atoms with Crippen LogP contribution in [0.4, 0.5) is 5.69 Å². The third-order valence-electron chi connectivity index (χ3n) is 2.95. The van der Waals surface area contributed by atoms with Crippen LogP contribution in [0.5, 0.6) is 11.5 Å². The van der Waals surface area contributed by atoms with Gasteiger partial charge in [0.05, 0.1) is 18.1 Å². The maximum atomic E-state index is 10.7. The Morgan fingerprint density at radius 3 is 2.65 bits per heavy atom. The van der Waals surface area contributed by atoms with Crippen LogP contribution < -0.4 is 9.47 Å². The van der Waals surface area contributed by atoms with E-state index in [0.717, 1.165) is 12.8 Å². The monoisotopic (exact) mass is 237 g/mol. The maximum Gasteiger partial charge on any atom is 0.311 e. The van der Waals surface area contributed by atoms with Crippen molar-refractivity contribution in [3.8, 4) is 11.5 Å². The molecule has 1 aliphatic rings. The van der Waals surface area contributed by atoms with Crippen LogP contribution in [0.3, 0.4) is 0 Å². The molecule has 1 fully saturated rings. The predicted molar refractivity (Wildman–Crippen MR) is 62.5 cm³/mol. The zero-order valence-corrected chi connectivity index (χ0v) is 9.72. The fourth-order valence-electron chi connectivity index (χ4n) is 2.08. The van der Waals surface area contributed by atoms with Gasteiger partial charge in [-0.2, -0.15) is 0 Å². The average Bonchev–Trinajstić information content (AvgIpc) is 2.81. The number of nitro benzene ring substituents is 1. The van der Waals surface area contributed by atoms with Crippen molar-refractivity contribution in [1.82, 2.24) is 0 Å². The minimum absolute atomic E-state index is 0.0359. The lowest BCUT2D eigenvalue weighted by molar-refractivity contribution is -0.385. The topological polar surface area (TPSA) is 61.6 Å². The lowest BCUT2D eigenvalue weighted by Crippen LogP contribution is -2.10. The van der Waals surface area contributed by atoms with E-state index in [2.05, 4.69) is 0 Å². The SMILES string of the molecule is COc1cc(OC2CCCC2)ccc1[N+](=O)[O-]. The van der Waals surface area contributed by atoms with E-state index >= 15 is 0 Å². The molecule has 2 rings (SSSR count). The highest BCUT2D eigenvalue weighted by Gasteiger charge is 2.19. The largest absolute Gasteiger partial charge is 0.490 e. The lowest BCUT2D eigenvalue weighted by atomic mass is 10.2. The maximum absolute atomic E-state index is 10.7. The van der Waals surface area contributed by atoms with Gasteiger partial charge >= 0.3 is 5.69 Å². The molecular weight excluding hydrogens is 222 g/mol. The van der Waals surface area contributed by atoms with Crippen molar-refractivity contribution in [2.75, 3.05) is 7.11 Å². The van der Waals surface area contributed by atoms with Gasteiger partial charge in [-0.1, -0.05) is 0 Å². The molecule has 92 valence electrons. The van der Waals surface area contributed by atoms with Gasteiger partial charge in [0, 0.05) is 12.1 Å². The Morgan fingerprint density at radius 2 is 2.06 bits per heavy atom. The van der Waals surface area contributed by atoms with Crippen LogP contribution in [-0.2, 0) is 0 Å². The second-order valence-electron chi connectivity index (χ2n) is 4.12. The first kappa shape index (κ1) is 11.7. The summed E-state index contributed by atoms with van der Waals surface area (Å²) in [5.74, 6) is 0.879. The highest BCUT2D eigenvalue weighted by atomic mass is 16.6.